The van der Waals surface area contributed by atoms with Gasteiger partial charge in [-0.3, -0.25) is 0 Å². The first-order valence-corrected chi connectivity index (χ1v) is 6.56. The lowest BCUT2D eigenvalue weighted by atomic mass is 9.76. The van der Waals surface area contributed by atoms with Gasteiger partial charge in [0.1, 0.15) is 12.6 Å². The number of rotatable bonds is 3. The van der Waals surface area contributed by atoms with E-state index in [1.807, 2.05) is 18.2 Å². The van der Waals surface area contributed by atoms with Crippen LogP contribution in [0.1, 0.15) is 18.4 Å². The van der Waals surface area contributed by atoms with E-state index in [2.05, 4.69) is 5.32 Å². The van der Waals surface area contributed by atoms with Crippen molar-refractivity contribution < 1.29 is 18.3 Å². The van der Waals surface area contributed by atoms with Crippen LogP contribution in [0.25, 0.3) is 0 Å². The van der Waals surface area contributed by atoms with Crippen molar-refractivity contribution in [2.24, 2.45) is 11.1 Å². The maximum absolute atomic E-state index is 13.7. The van der Waals surface area contributed by atoms with Gasteiger partial charge in [-0.1, -0.05) is 30.3 Å². The molecule has 7 heteroatoms. The Kier molecular flexibility index (Phi) is 4.13. The van der Waals surface area contributed by atoms with Crippen LogP contribution in [0.3, 0.4) is 0 Å². The van der Waals surface area contributed by atoms with Gasteiger partial charge in [0, 0.05) is 6.04 Å². The lowest BCUT2D eigenvalue weighted by molar-refractivity contribution is 0.0204. The van der Waals surface area contributed by atoms with Crippen LogP contribution in [-0.2, 0) is 11.3 Å². The van der Waals surface area contributed by atoms with Gasteiger partial charge in [0.05, 0.1) is 5.41 Å². The molecule has 1 spiro atoms. The van der Waals surface area contributed by atoms with Gasteiger partial charge >= 0.3 is 6.09 Å². The smallest absolute Gasteiger partial charge is 0.407 e. The van der Waals surface area contributed by atoms with Crippen LogP contribution >= 0.6 is 12.4 Å². The molecule has 2 aliphatic rings. The first kappa shape index (κ1) is 16.0. The highest BCUT2D eigenvalue weighted by Crippen LogP contribution is 2.70. The molecule has 3 rings (SSSR count). The third-order valence-corrected chi connectivity index (χ3v) is 4.22. The molecular weight excluding hydrogens is 302 g/mol. The van der Waals surface area contributed by atoms with Gasteiger partial charge in [-0.2, -0.15) is 0 Å². The zero-order chi connectivity index (χ0) is 14.4. The Labute approximate surface area is 127 Å². The van der Waals surface area contributed by atoms with E-state index in [1.165, 1.54) is 0 Å². The van der Waals surface area contributed by atoms with E-state index in [4.69, 9.17) is 10.5 Å². The van der Waals surface area contributed by atoms with E-state index < -0.39 is 23.5 Å². The summed E-state index contributed by atoms with van der Waals surface area (Å²) < 4.78 is 32.3. The minimum Gasteiger partial charge on any atom is -0.445 e. The number of amides is 1. The summed E-state index contributed by atoms with van der Waals surface area (Å²) in [5.41, 5.74) is 5.25. The summed E-state index contributed by atoms with van der Waals surface area (Å²) in [5, 5.41) is 2.26. The molecule has 1 amide bonds. The molecule has 1 atom stereocenters. The standard InChI is InChI=1S/C14H16F2N2O2.ClH/c15-14(16)11(13(14)6-10(17)7-13)18-12(19)20-8-9-4-2-1-3-5-9;/h1-5,10-11H,6-8,17H2,(H,18,19);1H. The predicted octanol–water partition coefficient (Wildman–Crippen LogP) is 2.46. The largest absolute Gasteiger partial charge is 0.445 e. The molecule has 2 fully saturated rings. The molecule has 0 radical (unpaired) electrons. The van der Waals surface area contributed by atoms with Crippen molar-refractivity contribution in [2.75, 3.05) is 0 Å². The number of nitrogens with two attached hydrogens (primary N) is 1. The second-order valence-corrected chi connectivity index (χ2v) is 5.59. The Morgan fingerprint density at radius 2 is 1.95 bits per heavy atom. The van der Waals surface area contributed by atoms with E-state index in [9.17, 15) is 13.6 Å². The summed E-state index contributed by atoms with van der Waals surface area (Å²) in [5.74, 6) is -2.87. The third kappa shape index (κ3) is 2.58. The van der Waals surface area contributed by atoms with Gasteiger partial charge in [-0.15, -0.1) is 12.4 Å². The highest BCUT2D eigenvalue weighted by molar-refractivity contribution is 5.85. The van der Waals surface area contributed by atoms with E-state index >= 15 is 0 Å². The summed E-state index contributed by atoms with van der Waals surface area (Å²) in [4.78, 5) is 11.6. The minimum absolute atomic E-state index is 0. The van der Waals surface area contributed by atoms with Crippen LogP contribution in [0.2, 0.25) is 0 Å². The number of benzene rings is 1. The van der Waals surface area contributed by atoms with Crippen molar-refractivity contribution in [1.29, 1.82) is 0 Å². The number of alkyl carbamates (subject to hydrolysis) is 1. The molecule has 1 aromatic rings. The monoisotopic (exact) mass is 318 g/mol. The summed E-state index contributed by atoms with van der Waals surface area (Å²) >= 11 is 0. The van der Waals surface area contributed by atoms with E-state index in [0.717, 1.165) is 5.56 Å². The number of hydrogen-bond donors (Lipinski definition) is 2. The van der Waals surface area contributed by atoms with Gasteiger partial charge in [-0.05, 0) is 18.4 Å². The molecule has 0 heterocycles. The Bertz CT molecular complexity index is 521. The molecule has 21 heavy (non-hydrogen) atoms. The molecule has 3 N–H and O–H groups in total. The topological polar surface area (TPSA) is 64.3 Å². The van der Waals surface area contributed by atoms with Crippen LogP contribution in [-0.4, -0.2) is 24.1 Å². The van der Waals surface area contributed by atoms with Gasteiger partial charge < -0.3 is 15.8 Å². The second-order valence-electron chi connectivity index (χ2n) is 5.59. The van der Waals surface area contributed by atoms with Crippen LogP contribution in [0, 0.1) is 5.41 Å². The quantitative estimate of drug-likeness (QED) is 0.900. The predicted molar refractivity (Wildman–Crippen MR) is 75.4 cm³/mol. The average Bonchev–Trinajstić information content (AvgIpc) is 2.85. The van der Waals surface area contributed by atoms with Gasteiger partial charge in [0.15, 0.2) is 0 Å². The Hall–Kier alpha value is -1.40. The van der Waals surface area contributed by atoms with Crippen LogP contribution in [0.15, 0.2) is 30.3 Å². The highest BCUT2D eigenvalue weighted by atomic mass is 35.5. The van der Waals surface area contributed by atoms with Crippen molar-refractivity contribution in [3.8, 4) is 0 Å². The fourth-order valence-electron chi connectivity index (χ4n) is 3.00. The molecule has 2 aliphatic carbocycles. The Balaban J connectivity index is 0.00000161. The average molecular weight is 319 g/mol. The van der Waals surface area contributed by atoms with E-state index in [0.29, 0.717) is 0 Å². The van der Waals surface area contributed by atoms with E-state index in [1.54, 1.807) is 12.1 Å². The molecule has 116 valence electrons. The first-order chi connectivity index (χ1) is 9.46. The molecule has 0 aromatic heterocycles. The molecular formula is C14H17ClF2N2O2. The van der Waals surface area contributed by atoms with Crippen LogP contribution in [0.5, 0.6) is 0 Å². The molecule has 4 nitrogen and oxygen atoms in total. The van der Waals surface area contributed by atoms with Crippen molar-refractivity contribution in [2.45, 2.75) is 37.5 Å². The number of hydrogen-bond acceptors (Lipinski definition) is 3. The molecule has 0 saturated heterocycles. The fraction of sp³-hybridized carbons (Fsp3) is 0.500. The van der Waals surface area contributed by atoms with Crippen molar-refractivity contribution in [3.63, 3.8) is 0 Å². The molecule has 1 aromatic carbocycles. The fourth-order valence-corrected chi connectivity index (χ4v) is 3.00. The highest BCUT2D eigenvalue weighted by Gasteiger charge is 2.84. The SMILES string of the molecule is Cl.NC1CC2(C1)C(NC(=O)OCc1ccccc1)C2(F)F. The zero-order valence-corrected chi connectivity index (χ0v) is 12.0. The van der Waals surface area contributed by atoms with Crippen LogP contribution < -0.4 is 11.1 Å². The van der Waals surface area contributed by atoms with Crippen LogP contribution in [0.4, 0.5) is 13.6 Å². The number of nitrogens with one attached hydrogen (secondary N) is 1. The van der Waals surface area contributed by atoms with Gasteiger partial charge in [-0.25, -0.2) is 13.6 Å². The molecule has 1 unspecified atom stereocenters. The summed E-state index contributed by atoms with van der Waals surface area (Å²) in [6.07, 6.45) is -0.302. The summed E-state index contributed by atoms with van der Waals surface area (Å²) in [6, 6.07) is 7.74. The van der Waals surface area contributed by atoms with Gasteiger partial charge in [0.25, 0.3) is 5.92 Å². The number of alkyl halides is 2. The molecule has 0 bridgehead atoms. The number of carbonyl (C=O) groups excluding carboxylic acids is 1. The van der Waals surface area contributed by atoms with Crippen molar-refractivity contribution >= 4 is 18.5 Å². The van der Waals surface area contributed by atoms with Crippen molar-refractivity contribution in [1.82, 2.24) is 5.32 Å². The summed E-state index contributed by atoms with van der Waals surface area (Å²) in [6.45, 7) is 0.0669. The second kappa shape index (κ2) is 5.42. The lowest BCUT2D eigenvalue weighted by Crippen LogP contribution is -2.43. The Morgan fingerprint density at radius 3 is 2.52 bits per heavy atom. The number of ether oxygens (including phenoxy) is 1. The molecule has 0 aliphatic heterocycles. The maximum Gasteiger partial charge on any atom is 0.407 e. The lowest BCUT2D eigenvalue weighted by Gasteiger charge is -2.33. The Morgan fingerprint density at radius 1 is 1.33 bits per heavy atom. The third-order valence-electron chi connectivity index (χ3n) is 4.22. The number of carbonyl (C=O) groups is 1. The maximum atomic E-state index is 13.7. The summed E-state index contributed by atoms with van der Waals surface area (Å²) in [7, 11) is 0. The van der Waals surface area contributed by atoms with E-state index in [-0.39, 0.29) is 37.9 Å². The van der Waals surface area contributed by atoms with Crippen molar-refractivity contribution in [3.05, 3.63) is 35.9 Å². The normalized spacial score (nSPS) is 31.8. The minimum atomic E-state index is -2.87. The number of halogens is 3. The molecule has 2 saturated carbocycles. The zero-order valence-electron chi connectivity index (χ0n) is 11.2. The first-order valence-electron chi connectivity index (χ1n) is 6.56. The van der Waals surface area contributed by atoms with Gasteiger partial charge in [0.2, 0.25) is 0 Å².